The molecule has 0 aliphatic carbocycles. The van der Waals surface area contributed by atoms with E-state index in [0.717, 1.165) is 24.0 Å². The molecule has 1 rings (SSSR count). The van der Waals surface area contributed by atoms with E-state index in [2.05, 4.69) is 6.92 Å². The zero-order valence-corrected chi connectivity index (χ0v) is 16.0. The van der Waals surface area contributed by atoms with Crippen LogP contribution in [-0.2, 0) is 16.1 Å². The number of Topliss-reactive ketones (excluding diaryl/α,β-unsaturated/α-hetero) is 1. The van der Waals surface area contributed by atoms with Crippen LogP contribution in [0.25, 0.3) is 0 Å². The van der Waals surface area contributed by atoms with E-state index in [9.17, 15) is 9.59 Å². The Morgan fingerprint density at radius 2 is 1.36 bits per heavy atom. The van der Waals surface area contributed by atoms with Gasteiger partial charge in [0.05, 0.1) is 0 Å². The van der Waals surface area contributed by atoms with Gasteiger partial charge in [-0.1, -0.05) is 89.5 Å². The van der Waals surface area contributed by atoms with Crippen LogP contribution in [-0.4, -0.2) is 11.8 Å². The highest BCUT2D eigenvalue weighted by Gasteiger charge is 2.06. The molecule has 0 fully saturated rings. The van der Waals surface area contributed by atoms with Crippen molar-refractivity contribution in [1.29, 1.82) is 0 Å². The Balaban J connectivity index is 2.15. The largest absolute Gasteiger partial charge is 0.461 e. The van der Waals surface area contributed by atoms with Gasteiger partial charge in [-0.15, -0.1) is 0 Å². The third-order valence-electron chi connectivity index (χ3n) is 4.47. The van der Waals surface area contributed by atoms with Gasteiger partial charge in [0.1, 0.15) is 6.61 Å². The summed E-state index contributed by atoms with van der Waals surface area (Å²) in [5, 5.41) is 0. The van der Waals surface area contributed by atoms with Gasteiger partial charge in [0.25, 0.3) is 0 Å². The predicted molar refractivity (Wildman–Crippen MR) is 103 cm³/mol. The summed E-state index contributed by atoms with van der Waals surface area (Å²) in [6.07, 6.45) is 12.4. The van der Waals surface area contributed by atoms with Gasteiger partial charge in [-0.05, 0) is 12.0 Å². The number of carbonyl (C=O) groups excluding carboxylic acids is 2. The number of esters is 1. The van der Waals surface area contributed by atoms with Crippen LogP contribution in [0.2, 0.25) is 0 Å². The standard InChI is InChI=1S/C22H34O3/c1-3-5-6-7-8-9-10-11-12-13-21(23)20-16-14-19(15-17-20)18-25-22(24)4-2/h14-17H,3-13,18H2,1-2H3. The zero-order valence-electron chi connectivity index (χ0n) is 16.0. The number of ether oxygens (including phenoxy) is 1. The van der Waals surface area contributed by atoms with Crippen molar-refractivity contribution >= 4 is 11.8 Å². The van der Waals surface area contributed by atoms with Crippen molar-refractivity contribution in [2.45, 2.75) is 91.1 Å². The van der Waals surface area contributed by atoms with E-state index in [1.807, 2.05) is 24.3 Å². The molecule has 0 heterocycles. The molecule has 1 aromatic rings. The summed E-state index contributed by atoms with van der Waals surface area (Å²) in [4.78, 5) is 23.3. The first-order valence-electron chi connectivity index (χ1n) is 9.95. The van der Waals surface area contributed by atoms with Crippen LogP contribution in [0.15, 0.2) is 24.3 Å². The van der Waals surface area contributed by atoms with Gasteiger partial charge in [0.2, 0.25) is 0 Å². The van der Waals surface area contributed by atoms with Gasteiger partial charge in [-0.3, -0.25) is 9.59 Å². The van der Waals surface area contributed by atoms with Crippen molar-refractivity contribution in [3.8, 4) is 0 Å². The molecule has 0 bridgehead atoms. The third kappa shape index (κ3) is 10.1. The number of unbranched alkanes of at least 4 members (excludes halogenated alkanes) is 8. The summed E-state index contributed by atoms with van der Waals surface area (Å²) in [5.74, 6) is 0.00515. The van der Waals surface area contributed by atoms with E-state index < -0.39 is 0 Å². The topological polar surface area (TPSA) is 43.4 Å². The Morgan fingerprint density at radius 1 is 0.800 bits per heavy atom. The number of hydrogen-bond acceptors (Lipinski definition) is 3. The van der Waals surface area contributed by atoms with Crippen molar-refractivity contribution in [1.82, 2.24) is 0 Å². The molecule has 0 aromatic heterocycles. The number of carbonyl (C=O) groups is 2. The first kappa shape index (κ1) is 21.4. The van der Waals surface area contributed by atoms with Gasteiger partial charge in [0.15, 0.2) is 5.78 Å². The predicted octanol–water partition coefficient (Wildman–Crippen LogP) is 6.24. The molecule has 3 heteroatoms. The highest BCUT2D eigenvalue weighted by molar-refractivity contribution is 5.96. The Bertz CT molecular complexity index is 490. The van der Waals surface area contributed by atoms with Crippen LogP contribution >= 0.6 is 0 Å². The fraction of sp³-hybridized carbons (Fsp3) is 0.636. The minimum Gasteiger partial charge on any atom is -0.461 e. The second-order valence-corrected chi connectivity index (χ2v) is 6.71. The van der Waals surface area contributed by atoms with Gasteiger partial charge < -0.3 is 4.74 Å². The van der Waals surface area contributed by atoms with Gasteiger partial charge in [-0.2, -0.15) is 0 Å². The highest BCUT2D eigenvalue weighted by Crippen LogP contribution is 2.13. The zero-order chi connectivity index (χ0) is 18.3. The number of rotatable bonds is 14. The lowest BCUT2D eigenvalue weighted by atomic mass is 10.0. The van der Waals surface area contributed by atoms with E-state index in [4.69, 9.17) is 4.74 Å². The number of benzene rings is 1. The van der Waals surface area contributed by atoms with E-state index in [1.165, 1.54) is 44.9 Å². The quantitative estimate of drug-likeness (QED) is 0.227. The average molecular weight is 347 g/mol. The highest BCUT2D eigenvalue weighted by atomic mass is 16.5. The molecule has 0 unspecified atom stereocenters. The summed E-state index contributed by atoms with van der Waals surface area (Å²) in [6, 6.07) is 7.41. The van der Waals surface area contributed by atoms with E-state index in [0.29, 0.717) is 12.8 Å². The van der Waals surface area contributed by atoms with Crippen LogP contribution < -0.4 is 0 Å². The van der Waals surface area contributed by atoms with Crippen LogP contribution in [0.1, 0.15) is 100 Å². The lowest BCUT2D eigenvalue weighted by Gasteiger charge is -2.05. The lowest BCUT2D eigenvalue weighted by Crippen LogP contribution is -2.03. The molecule has 140 valence electrons. The summed E-state index contributed by atoms with van der Waals surface area (Å²) in [7, 11) is 0. The number of ketones is 1. The summed E-state index contributed by atoms with van der Waals surface area (Å²) in [6.45, 7) is 4.29. The van der Waals surface area contributed by atoms with Crippen molar-refractivity contribution in [2.24, 2.45) is 0 Å². The molecular weight excluding hydrogens is 312 g/mol. The first-order chi connectivity index (χ1) is 12.2. The Labute approximate surface area is 153 Å². The van der Waals surface area contributed by atoms with E-state index in [1.54, 1.807) is 6.92 Å². The SMILES string of the molecule is CCCCCCCCCCCC(=O)c1ccc(COC(=O)CC)cc1. The molecule has 0 saturated heterocycles. The summed E-state index contributed by atoms with van der Waals surface area (Å²) < 4.78 is 5.09. The average Bonchev–Trinajstić information content (AvgIpc) is 2.65. The number of hydrogen-bond donors (Lipinski definition) is 0. The van der Waals surface area contributed by atoms with Crippen LogP contribution in [0.4, 0.5) is 0 Å². The fourth-order valence-corrected chi connectivity index (χ4v) is 2.79. The fourth-order valence-electron chi connectivity index (χ4n) is 2.79. The Hall–Kier alpha value is -1.64. The van der Waals surface area contributed by atoms with Crippen LogP contribution in [0, 0.1) is 0 Å². The summed E-state index contributed by atoms with van der Waals surface area (Å²) >= 11 is 0. The van der Waals surface area contributed by atoms with Crippen molar-refractivity contribution in [3.05, 3.63) is 35.4 Å². The van der Waals surface area contributed by atoms with Crippen molar-refractivity contribution < 1.29 is 14.3 Å². The molecule has 1 aromatic carbocycles. The molecule has 0 aliphatic heterocycles. The second-order valence-electron chi connectivity index (χ2n) is 6.71. The van der Waals surface area contributed by atoms with Crippen molar-refractivity contribution in [2.75, 3.05) is 0 Å². The molecule has 3 nitrogen and oxygen atoms in total. The normalized spacial score (nSPS) is 10.6. The summed E-state index contributed by atoms with van der Waals surface area (Å²) in [5.41, 5.74) is 1.67. The van der Waals surface area contributed by atoms with Gasteiger partial charge in [-0.25, -0.2) is 0 Å². The Kier molecular flexibility index (Phi) is 11.7. The molecule has 0 radical (unpaired) electrons. The van der Waals surface area contributed by atoms with Crippen molar-refractivity contribution in [3.63, 3.8) is 0 Å². The molecule has 0 saturated carbocycles. The minimum absolute atomic E-state index is 0.203. The molecular formula is C22H34O3. The van der Waals surface area contributed by atoms with Crippen LogP contribution in [0.5, 0.6) is 0 Å². The maximum Gasteiger partial charge on any atom is 0.305 e. The lowest BCUT2D eigenvalue weighted by molar-refractivity contribution is -0.144. The van der Waals surface area contributed by atoms with E-state index in [-0.39, 0.29) is 18.4 Å². The molecule has 0 atom stereocenters. The maximum absolute atomic E-state index is 12.2. The molecule has 25 heavy (non-hydrogen) atoms. The first-order valence-corrected chi connectivity index (χ1v) is 9.95. The molecule has 0 amide bonds. The third-order valence-corrected chi connectivity index (χ3v) is 4.47. The smallest absolute Gasteiger partial charge is 0.305 e. The van der Waals surface area contributed by atoms with E-state index >= 15 is 0 Å². The van der Waals surface area contributed by atoms with Gasteiger partial charge in [0, 0.05) is 18.4 Å². The maximum atomic E-state index is 12.2. The van der Waals surface area contributed by atoms with Gasteiger partial charge >= 0.3 is 5.97 Å². The molecule has 0 spiro atoms. The molecule has 0 aliphatic rings. The molecule has 0 N–H and O–H groups in total. The van der Waals surface area contributed by atoms with Crippen LogP contribution in [0.3, 0.4) is 0 Å². The minimum atomic E-state index is -0.203. The monoisotopic (exact) mass is 346 g/mol. The Morgan fingerprint density at radius 3 is 1.92 bits per heavy atom. The second kappa shape index (κ2) is 13.6.